The fraction of sp³-hybridized carbons (Fsp3) is 0.526. The van der Waals surface area contributed by atoms with Crippen molar-refractivity contribution in [2.75, 3.05) is 6.54 Å². The SMILES string of the molecule is CCN(C1CCCCC1)S(=O)(=O)c1cn(Cc2ccccc2)nc1C. The summed E-state index contributed by atoms with van der Waals surface area (Å²) in [5, 5.41) is 4.44. The average Bonchev–Trinajstić information content (AvgIpc) is 2.98. The Morgan fingerprint density at radius 3 is 2.48 bits per heavy atom. The molecule has 0 bridgehead atoms. The minimum absolute atomic E-state index is 0.126. The van der Waals surface area contributed by atoms with Crippen LogP contribution in [0, 0.1) is 6.92 Å². The maximum absolute atomic E-state index is 13.2. The number of aryl methyl sites for hydroxylation is 1. The molecule has 1 aromatic heterocycles. The van der Waals surface area contributed by atoms with E-state index in [1.54, 1.807) is 22.1 Å². The third-order valence-electron chi connectivity index (χ3n) is 4.97. The summed E-state index contributed by atoms with van der Waals surface area (Å²) < 4.78 is 29.9. The molecule has 5 nitrogen and oxygen atoms in total. The molecule has 0 radical (unpaired) electrons. The van der Waals surface area contributed by atoms with E-state index in [1.807, 2.05) is 37.3 Å². The van der Waals surface area contributed by atoms with Crippen LogP contribution >= 0.6 is 0 Å². The highest BCUT2D eigenvalue weighted by Gasteiger charge is 2.33. The Labute approximate surface area is 150 Å². The molecule has 0 unspecified atom stereocenters. The predicted molar refractivity (Wildman–Crippen MR) is 98.9 cm³/mol. The van der Waals surface area contributed by atoms with Crippen molar-refractivity contribution in [1.82, 2.24) is 14.1 Å². The molecule has 0 aliphatic heterocycles. The first-order valence-electron chi connectivity index (χ1n) is 9.12. The van der Waals surface area contributed by atoms with Gasteiger partial charge in [-0.25, -0.2) is 8.42 Å². The maximum atomic E-state index is 13.2. The molecule has 1 aliphatic carbocycles. The van der Waals surface area contributed by atoms with Gasteiger partial charge < -0.3 is 0 Å². The summed E-state index contributed by atoms with van der Waals surface area (Å²) in [5.41, 5.74) is 1.68. The van der Waals surface area contributed by atoms with Gasteiger partial charge in [0.25, 0.3) is 0 Å². The molecule has 0 atom stereocenters. The lowest BCUT2D eigenvalue weighted by Crippen LogP contribution is -2.41. The van der Waals surface area contributed by atoms with Crippen molar-refractivity contribution in [2.24, 2.45) is 0 Å². The van der Waals surface area contributed by atoms with Gasteiger partial charge in [-0.3, -0.25) is 4.68 Å². The second kappa shape index (κ2) is 7.70. The number of hydrogen-bond donors (Lipinski definition) is 0. The first kappa shape index (κ1) is 18.1. The monoisotopic (exact) mass is 361 g/mol. The van der Waals surface area contributed by atoms with Crippen LogP contribution in [0.3, 0.4) is 0 Å². The topological polar surface area (TPSA) is 55.2 Å². The second-order valence-corrected chi connectivity index (χ2v) is 8.62. The molecule has 1 fully saturated rings. The molecule has 25 heavy (non-hydrogen) atoms. The highest BCUT2D eigenvalue weighted by Crippen LogP contribution is 2.28. The maximum Gasteiger partial charge on any atom is 0.246 e. The number of benzene rings is 1. The van der Waals surface area contributed by atoms with Crippen molar-refractivity contribution < 1.29 is 8.42 Å². The van der Waals surface area contributed by atoms with Crippen molar-refractivity contribution in [3.05, 3.63) is 47.8 Å². The zero-order valence-electron chi connectivity index (χ0n) is 15.1. The van der Waals surface area contributed by atoms with Crippen molar-refractivity contribution in [3.63, 3.8) is 0 Å². The molecular weight excluding hydrogens is 334 g/mol. The summed E-state index contributed by atoms with van der Waals surface area (Å²) >= 11 is 0. The summed E-state index contributed by atoms with van der Waals surface area (Å²) in [7, 11) is -3.50. The molecule has 1 heterocycles. The third-order valence-corrected chi connectivity index (χ3v) is 7.10. The van der Waals surface area contributed by atoms with Gasteiger partial charge >= 0.3 is 0 Å². The molecule has 1 saturated carbocycles. The highest BCUT2D eigenvalue weighted by molar-refractivity contribution is 7.89. The van der Waals surface area contributed by atoms with Gasteiger partial charge in [0.1, 0.15) is 4.90 Å². The van der Waals surface area contributed by atoms with E-state index >= 15 is 0 Å². The lowest BCUT2D eigenvalue weighted by atomic mass is 9.95. The summed E-state index contributed by atoms with van der Waals surface area (Å²) in [6, 6.07) is 10.1. The Balaban J connectivity index is 1.86. The zero-order valence-corrected chi connectivity index (χ0v) is 15.9. The summed E-state index contributed by atoms with van der Waals surface area (Å²) in [5.74, 6) is 0. The molecule has 0 amide bonds. The van der Waals surface area contributed by atoms with Crippen LogP contribution in [-0.4, -0.2) is 35.1 Å². The van der Waals surface area contributed by atoms with E-state index in [2.05, 4.69) is 5.10 Å². The normalized spacial score (nSPS) is 16.4. The molecule has 136 valence electrons. The molecule has 3 rings (SSSR count). The molecule has 0 saturated heterocycles. The van der Waals surface area contributed by atoms with Crippen LogP contribution in [0.2, 0.25) is 0 Å². The molecule has 0 N–H and O–H groups in total. The van der Waals surface area contributed by atoms with E-state index < -0.39 is 10.0 Å². The quantitative estimate of drug-likeness (QED) is 0.790. The number of sulfonamides is 1. The summed E-state index contributed by atoms with van der Waals surface area (Å²) in [4.78, 5) is 0.343. The lowest BCUT2D eigenvalue weighted by Gasteiger charge is -2.32. The fourth-order valence-electron chi connectivity index (χ4n) is 3.72. The van der Waals surface area contributed by atoms with Crippen LogP contribution in [-0.2, 0) is 16.6 Å². The molecule has 1 aliphatic rings. The van der Waals surface area contributed by atoms with Gasteiger partial charge in [-0.1, -0.05) is 56.5 Å². The smallest absolute Gasteiger partial charge is 0.246 e. The Morgan fingerprint density at radius 1 is 1.16 bits per heavy atom. The zero-order chi connectivity index (χ0) is 17.9. The third kappa shape index (κ3) is 3.96. The lowest BCUT2D eigenvalue weighted by molar-refractivity contribution is 0.261. The van der Waals surface area contributed by atoms with Crippen LogP contribution in [0.5, 0.6) is 0 Å². The minimum atomic E-state index is -3.50. The van der Waals surface area contributed by atoms with E-state index in [4.69, 9.17) is 0 Å². The van der Waals surface area contributed by atoms with Crippen LogP contribution in [0.15, 0.2) is 41.4 Å². The first-order valence-corrected chi connectivity index (χ1v) is 10.6. The Bertz CT molecular complexity index is 793. The van der Waals surface area contributed by atoms with Gasteiger partial charge in [-0.05, 0) is 25.3 Å². The van der Waals surface area contributed by atoms with Gasteiger partial charge in [-0.2, -0.15) is 9.40 Å². The molecule has 2 aromatic rings. The molecule has 1 aromatic carbocycles. The molecule has 6 heteroatoms. The van der Waals surface area contributed by atoms with Crippen LogP contribution < -0.4 is 0 Å². The Hall–Kier alpha value is -1.66. The van der Waals surface area contributed by atoms with Gasteiger partial charge in [-0.15, -0.1) is 0 Å². The van der Waals surface area contributed by atoms with Crippen molar-refractivity contribution in [3.8, 4) is 0 Å². The fourth-order valence-corrected chi connectivity index (χ4v) is 5.59. The van der Waals surface area contributed by atoms with Crippen molar-refractivity contribution >= 4 is 10.0 Å². The van der Waals surface area contributed by atoms with Crippen LogP contribution in [0.4, 0.5) is 0 Å². The standard InChI is InChI=1S/C19H27N3O2S/c1-3-22(18-12-8-5-9-13-18)25(23,24)19-15-21(20-16(19)2)14-17-10-6-4-7-11-17/h4,6-7,10-11,15,18H,3,5,8-9,12-14H2,1-2H3. The van der Waals surface area contributed by atoms with Gasteiger partial charge in [0.2, 0.25) is 10.0 Å². The molecular formula is C19H27N3O2S. The van der Waals surface area contributed by atoms with Gasteiger partial charge in [0.05, 0.1) is 12.2 Å². The van der Waals surface area contributed by atoms with Crippen LogP contribution in [0.1, 0.15) is 50.3 Å². The van der Waals surface area contributed by atoms with E-state index in [9.17, 15) is 8.42 Å². The van der Waals surface area contributed by atoms with Crippen LogP contribution in [0.25, 0.3) is 0 Å². The highest BCUT2D eigenvalue weighted by atomic mass is 32.2. The summed E-state index contributed by atoms with van der Waals surface area (Å²) in [6.07, 6.45) is 7.05. The largest absolute Gasteiger partial charge is 0.267 e. The number of rotatable bonds is 6. The van der Waals surface area contributed by atoms with E-state index in [-0.39, 0.29) is 6.04 Å². The summed E-state index contributed by atoms with van der Waals surface area (Å²) in [6.45, 7) is 4.79. The number of aromatic nitrogens is 2. The van der Waals surface area contributed by atoms with E-state index in [0.29, 0.717) is 23.7 Å². The number of hydrogen-bond acceptors (Lipinski definition) is 3. The number of nitrogens with zero attached hydrogens (tertiary/aromatic N) is 3. The van der Waals surface area contributed by atoms with Gasteiger partial charge in [0.15, 0.2) is 0 Å². The van der Waals surface area contributed by atoms with E-state index in [1.165, 1.54) is 6.42 Å². The Morgan fingerprint density at radius 2 is 1.84 bits per heavy atom. The van der Waals surface area contributed by atoms with E-state index in [0.717, 1.165) is 31.2 Å². The second-order valence-electron chi connectivity index (χ2n) is 6.76. The predicted octanol–water partition coefficient (Wildman–Crippen LogP) is 3.58. The Kier molecular flexibility index (Phi) is 5.59. The minimum Gasteiger partial charge on any atom is -0.267 e. The van der Waals surface area contributed by atoms with Crippen molar-refractivity contribution in [2.45, 2.75) is 63.4 Å². The van der Waals surface area contributed by atoms with Gasteiger partial charge in [0, 0.05) is 18.8 Å². The van der Waals surface area contributed by atoms with Crippen molar-refractivity contribution in [1.29, 1.82) is 0 Å². The first-order chi connectivity index (χ1) is 12.0. The molecule has 0 spiro atoms. The average molecular weight is 362 g/mol.